The molecule has 1 aliphatic heterocycles. The van der Waals surface area contributed by atoms with E-state index in [2.05, 4.69) is 37.3 Å². The van der Waals surface area contributed by atoms with E-state index in [-0.39, 0.29) is 5.41 Å². The molecule has 1 fully saturated rings. The molecule has 0 spiro atoms. The zero-order valence-electron chi connectivity index (χ0n) is 11.3. The van der Waals surface area contributed by atoms with Gasteiger partial charge in [-0.2, -0.15) is 5.10 Å². The zero-order chi connectivity index (χ0) is 12.5. The summed E-state index contributed by atoms with van der Waals surface area (Å²) in [6, 6.07) is 2.07. The third kappa shape index (κ3) is 3.00. The van der Waals surface area contributed by atoms with Crippen LogP contribution in [0.5, 0.6) is 5.88 Å². The molecule has 0 aliphatic carbocycles. The van der Waals surface area contributed by atoms with Gasteiger partial charge >= 0.3 is 0 Å². The molecule has 1 aromatic heterocycles. The summed E-state index contributed by atoms with van der Waals surface area (Å²) in [6.07, 6.45) is 2.49. The van der Waals surface area contributed by atoms with E-state index in [9.17, 15) is 0 Å². The molecule has 2 rings (SSSR count). The Morgan fingerprint density at radius 2 is 2.00 bits per heavy atom. The van der Waals surface area contributed by atoms with Crippen LogP contribution in [0.3, 0.4) is 0 Å². The summed E-state index contributed by atoms with van der Waals surface area (Å²) in [5.41, 5.74) is 1.16. The first-order valence-corrected chi connectivity index (χ1v) is 6.39. The van der Waals surface area contributed by atoms with Crippen molar-refractivity contribution in [2.45, 2.75) is 45.1 Å². The van der Waals surface area contributed by atoms with E-state index in [0.29, 0.717) is 6.10 Å². The van der Waals surface area contributed by atoms with Crippen LogP contribution >= 0.6 is 0 Å². The Morgan fingerprint density at radius 3 is 2.53 bits per heavy atom. The van der Waals surface area contributed by atoms with Crippen molar-refractivity contribution in [3.63, 3.8) is 0 Å². The number of nitrogens with zero attached hydrogens (tertiary/aromatic N) is 2. The molecule has 1 N–H and O–H groups in total. The minimum absolute atomic E-state index is 0.0769. The Kier molecular flexibility index (Phi) is 3.43. The van der Waals surface area contributed by atoms with E-state index in [4.69, 9.17) is 4.74 Å². The summed E-state index contributed by atoms with van der Waals surface area (Å²) in [7, 11) is 1.95. The molecule has 17 heavy (non-hydrogen) atoms. The Labute approximate surface area is 103 Å². The third-order valence-corrected chi connectivity index (χ3v) is 3.18. The normalized spacial score (nSPS) is 18.4. The highest BCUT2D eigenvalue weighted by Crippen LogP contribution is 2.25. The molecule has 1 aromatic rings. The lowest BCUT2D eigenvalue weighted by molar-refractivity contribution is 0.149. The van der Waals surface area contributed by atoms with E-state index in [1.807, 2.05) is 11.7 Å². The standard InChI is InChI=1S/C13H23N3O/c1-13(2,3)11-9-12(16(4)15-11)17-10-5-7-14-8-6-10/h9-10,14H,5-8H2,1-4H3. The van der Waals surface area contributed by atoms with Crippen LogP contribution in [0.25, 0.3) is 0 Å². The number of aromatic nitrogens is 2. The molecular formula is C13H23N3O. The summed E-state index contributed by atoms with van der Waals surface area (Å²) in [6.45, 7) is 8.61. The van der Waals surface area contributed by atoms with Crippen LogP contribution in [-0.4, -0.2) is 29.0 Å². The quantitative estimate of drug-likeness (QED) is 0.853. The van der Waals surface area contributed by atoms with Gasteiger partial charge in [-0.05, 0) is 25.9 Å². The number of hydrogen-bond acceptors (Lipinski definition) is 3. The topological polar surface area (TPSA) is 39.1 Å². The highest BCUT2D eigenvalue weighted by molar-refractivity contribution is 5.21. The van der Waals surface area contributed by atoms with Crippen molar-refractivity contribution < 1.29 is 4.74 Å². The average Bonchev–Trinajstić information content (AvgIpc) is 2.62. The molecule has 4 heteroatoms. The molecule has 0 atom stereocenters. The molecule has 0 radical (unpaired) electrons. The predicted octanol–water partition coefficient (Wildman–Crippen LogP) is 1.85. The molecule has 2 heterocycles. The Hall–Kier alpha value is -1.03. The number of ether oxygens (including phenoxy) is 1. The number of nitrogens with one attached hydrogen (secondary N) is 1. The Morgan fingerprint density at radius 1 is 1.35 bits per heavy atom. The second kappa shape index (κ2) is 4.69. The molecule has 0 bridgehead atoms. The van der Waals surface area contributed by atoms with Crippen molar-refractivity contribution in [1.82, 2.24) is 15.1 Å². The van der Waals surface area contributed by atoms with Crippen LogP contribution in [0.15, 0.2) is 6.07 Å². The smallest absolute Gasteiger partial charge is 0.212 e. The van der Waals surface area contributed by atoms with Crippen LogP contribution in [0, 0.1) is 0 Å². The van der Waals surface area contributed by atoms with Crippen molar-refractivity contribution in [1.29, 1.82) is 0 Å². The van der Waals surface area contributed by atoms with Crippen molar-refractivity contribution in [2.24, 2.45) is 7.05 Å². The first-order chi connectivity index (χ1) is 7.97. The highest BCUT2D eigenvalue weighted by atomic mass is 16.5. The maximum Gasteiger partial charge on any atom is 0.212 e. The van der Waals surface area contributed by atoms with Gasteiger partial charge in [0.25, 0.3) is 0 Å². The number of hydrogen-bond donors (Lipinski definition) is 1. The van der Waals surface area contributed by atoms with E-state index in [1.165, 1.54) is 0 Å². The van der Waals surface area contributed by atoms with Crippen LogP contribution in [-0.2, 0) is 12.5 Å². The SMILES string of the molecule is Cn1nc(C(C)(C)C)cc1OC1CCNCC1. The fraction of sp³-hybridized carbons (Fsp3) is 0.769. The molecule has 1 aliphatic rings. The number of rotatable bonds is 2. The van der Waals surface area contributed by atoms with Gasteiger partial charge in [0.05, 0.1) is 5.69 Å². The van der Waals surface area contributed by atoms with Gasteiger partial charge in [-0.1, -0.05) is 20.8 Å². The fourth-order valence-corrected chi connectivity index (χ4v) is 2.01. The van der Waals surface area contributed by atoms with Gasteiger partial charge in [0.15, 0.2) is 0 Å². The van der Waals surface area contributed by atoms with Crippen molar-refractivity contribution in [3.05, 3.63) is 11.8 Å². The van der Waals surface area contributed by atoms with Crippen molar-refractivity contribution >= 4 is 0 Å². The van der Waals surface area contributed by atoms with Gasteiger partial charge in [-0.25, -0.2) is 4.68 Å². The zero-order valence-corrected chi connectivity index (χ0v) is 11.3. The second-order valence-corrected chi connectivity index (χ2v) is 5.81. The summed E-state index contributed by atoms with van der Waals surface area (Å²) >= 11 is 0. The Bertz CT molecular complexity index is 373. The van der Waals surface area contributed by atoms with E-state index >= 15 is 0 Å². The van der Waals surface area contributed by atoms with E-state index < -0.39 is 0 Å². The van der Waals surface area contributed by atoms with Crippen LogP contribution < -0.4 is 10.1 Å². The first kappa shape index (κ1) is 12.4. The largest absolute Gasteiger partial charge is 0.474 e. The summed E-state index contributed by atoms with van der Waals surface area (Å²) in [4.78, 5) is 0. The molecule has 1 saturated heterocycles. The minimum atomic E-state index is 0.0769. The van der Waals surface area contributed by atoms with Crippen molar-refractivity contribution in [2.75, 3.05) is 13.1 Å². The van der Waals surface area contributed by atoms with Crippen LogP contribution in [0.1, 0.15) is 39.3 Å². The van der Waals surface area contributed by atoms with E-state index in [0.717, 1.165) is 37.5 Å². The van der Waals surface area contributed by atoms with Crippen LogP contribution in [0.2, 0.25) is 0 Å². The lowest BCUT2D eigenvalue weighted by Gasteiger charge is -2.23. The third-order valence-electron chi connectivity index (χ3n) is 3.18. The lowest BCUT2D eigenvalue weighted by atomic mass is 9.93. The van der Waals surface area contributed by atoms with Gasteiger partial charge in [0.1, 0.15) is 6.10 Å². The van der Waals surface area contributed by atoms with E-state index in [1.54, 1.807) is 0 Å². The highest BCUT2D eigenvalue weighted by Gasteiger charge is 2.21. The summed E-state index contributed by atoms with van der Waals surface area (Å²) in [5, 5.41) is 7.87. The second-order valence-electron chi connectivity index (χ2n) is 5.81. The predicted molar refractivity (Wildman–Crippen MR) is 68.4 cm³/mol. The van der Waals surface area contributed by atoms with Crippen LogP contribution in [0.4, 0.5) is 0 Å². The maximum atomic E-state index is 6.02. The lowest BCUT2D eigenvalue weighted by Crippen LogP contribution is -2.34. The molecule has 0 aromatic carbocycles. The molecule has 4 nitrogen and oxygen atoms in total. The maximum absolute atomic E-state index is 6.02. The Balaban J connectivity index is 2.07. The van der Waals surface area contributed by atoms with Gasteiger partial charge in [0.2, 0.25) is 5.88 Å². The molecular weight excluding hydrogens is 214 g/mol. The summed E-state index contributed by atoms with van der Waals surface area (Å²) in [5.74, 6) is 0.891. The van der Waals surface area contributed by atoms with Gasteiger partial charge in [0, 0.05) is 18.5 Å². The number of piperidine rings is 1. The molecule has 0 amide bonds. The molecule has 0 unspecified atom stereocenters. The van der Waals surface area contributed by atoms with Gasteiger partial charge in [-0.3, -0.25) is 0 Å². The average molecular weight is 237 g/mol. The van der Waals surface area contributed by atoms with Gasteiger partial charge < -0.3 is 10.1 Å². The van der Waals surface area contributed by atoms with Gasteiger partial charge in [-0.15, -0.1) is 0 Å². The number of aryl methyl sites for hydroxylation is 1. The monoisotopic (exact) mass is 237 g/mol. The molecule has 96 valence electrons. The minimum Gasteiger partial charge on any atom is -0.474 e. The molecule has 0 saturated carbocycles. The van der Waals surface area contributed by atoms with Crippen molar-refractivity contribution in [3.8, 4) is 5.88 Å². The first-order valence-electron chi connectivity index (χ1n) is 6.39. The fourth-order valence-electron chi connectivity index (χ4n) is 2.01. The summed E-state index contributed by atoms with van der Waals surface area (Å²) < 4.78 is 7.87.